The number of rotatable bonds is 6. The first kappa shape index (κ1) is 19.0. The average molecular weight is 335 g/mol. The lowest BCUT2D eigenvalue weighted by atomic mass is 9.57. The lowest BCUT2D eigenvalue weighted by Gasteiger charge is -2.52. The highest BCUT2D eigenvalue weighted by molar-refractivity contribution is 5.77. The molecule has 136 valence electrons. The van der Waals surface area contributed by atoms with Crippen LogP contribution in [0.5, 0.6) is 0 Å². The zero-order valence-electron chi connectivity index (χ0n) is 16.3. The third-order valence-electron chi connectivity index (χ3n) is 5.03. The molecule has 0 radical (unpaired) electrons. The van der Waals surface area contributed by atoms with Gasteiger partial charge >= 0.3 is 0 Å². The van der Waals surface area contributed by atoms with E-state index in [0.717, 1.165) is 30.8 Å². The minimum Gasteiger partial charge on any atom is -0.360 e. The standard InChI is InChI=1S/C19H33N3O2/c1-18(2,3)11-17(23)20-16-9-13(19(16,4)5)8-14-10-15(24-21-14)12-22(6)7/h10,13,16H,8-9,11-12H2,1-7H3,(H,20,23)/t13-,16+/m1/s1. The number of hydrogen-bond acceptors (Lipinski definition) is 4. The van der Waals surface area contributed by atoms with Gasteiger partial charge in [0.2, 0.25) is 5.91 Å². The topological polar surface area (TPSA) is 58.4 Å². The summed E-state index contributed by atoms with van der Waals surface area (Å²) < 4.78 is 5.40. The van der Waals surface area contributed by atoms with E-state index in [1.54, 1.807) is 0 Å². The molecule has 0 saturated heterocycles. The van der Waals surface area contributed by atoms with Gasteiger partial charge in [-0.05, 0) is 43.7 Å². The van der Waals surface area contributed by atoms with Gasteiger partial charge < -0.3 is 14.7 Å². The molecular weight excluding hydrogens is 302 g/mol. The molecule has 1 fully saturated rings. The van der Waals surface area contributed by atoms with Gasteiger partial charge in [0.15, 0.2) is 5.76 Å². The van der Waals surface area contributed by atoms with Crippen LogP contribution in [-0.4, -0.2) is 36.1 Å². The van der Waals surface area contributed by atoms with Crippen molar-refractivity contribution < 1.29 is 9.32 Å². The van der Waals surface area contributed by atoms with Crippen LogP contribution in [0.1, 0.15) is 58.9 Å². The molecule has 2 atom stereocenters. The van der Waals surface area contributed by atoms with Crippen molar-refractivity contribution in [2.75, 3.05) is 14.1 Å². The fourth-order valence-corrected chi connectivity index (χ4v) is 3.42. The number of nitrogens with one attached hydrogen (secondary N) is 1. The maximum absolute atomic E-state index is 12.2. The van der Waals surface area contributed by atoms with Gasteiger partial charge in [0, 0.05) is 18.5 Å². The molecule has 1 heterocycles. The van der Waals surface area contributed by atoms with Gasteiger partial charge in [0.1, 0.15) is 0 Å². The van der Waals surface area contributed by atoms with Crippen molar-refractivity contribution in [3.63, 3.8) is 0 Å². The molecule has 0 bridgehead atoms. The Morgan fingerprint density at radius 1 is 1.42 bits per heavy atom. The monoisotopic (exact) mass is 335 g/mol. The minimum absolute atomic E-state index is 0.0287. The smallest absolute Gasteiger partial charge is 0.220 e. The first-order chi connectivity index (χ1) is 11.0. The van der Waals surface area contributed by atoms with E-state index in [2.05, 4.69) is 56.1 Å². The number of carbonyl (C=O) groups is 1. The molecule has 1 amide bonds. The van der Waals surface area contributed by atoms with Crippen LogP contribution in [0.15, 0.2) is 10.6 Å². The summed E-state index contributed by atoms with van der Waals surface area (Å²) in [7, 11) is 4.03. The zero-order chi connectivity index (χ0) is 18.1. The number of hydrogen-bond donors (Lipinski definition) is 1. The third kappa shape index (κ3) is 4.82. The van der Waals surface area contributed by atoms with E-state index in [1.807, 2.05) is 14.1 Å². The number of carbonyl (C=O) groups excluding carboxylic acids is 1. The lowest BCUT2D eigenvalue weighted by molar-refractivity contribution is -0.127. The highest BCUT2D eigenvalue weighted by Crippen LogP contribution is 2.47. The fraction of sp³-hybridized carbons (Fsp3) is 0.789. The quantitative estimate of drug-likeness (QED) is 0.867. The summed E-state index contributed by atoms with van der Waals surface area (Å²) in [6.45, 7) is 11.5. The van der Waals surface area contributed by atoms with E-state index < -0.39 is 0 Å². The normalized spacial score (nSPS) is 23.2. The molecule has 1 saturated carbocycles. The minimum atomic E-state index is 0.0287. The van der Waals surface area contributed by atoms with E-state index in [0.29, 0.717) is 12.3 Å². The van der Waals surface area contributed by atoms with Gasteiger partial charge in [-0.25, -0.2) is 0 Å². The Bertz CT molecular complexity index is 569. The van der Waals surface area contributed by atoms with E-state index in [9.17, 15) is 4.79 Å². The Hall–Kier alpha value is -1.36. The summed E-state index contributed by atoms with van der Waals surface area (Å²) in [5.74, 6) is 1.59. The molecule has 2 rings (SSSR count). The zero-order valence-corrected chi connectivity index (χ0v) is 16.3. The van der Waals surface area contributed by atoms with Crippen molar-refractivity contribution in [1.29, 1.82) is 0 Å². The molecule has 5 nitrogen and oxygen atoms in total. The average Bonchev–Trinajstić information content (AvgIpc) is 2.82. The molecule has 1 N–H and O–H groups in total. The molecule has 0 unspecified atom stereocenters. The second kappa shape index (κ2) is 6.87. The molecule has 0 aromatic carbocycles. The van der Waals surface area contributed by atoms with Crippen LogP contribution in [0.2, 0.25) is 0 Å². The van der Waals surface area contributed by atoms with Gasteiger partial charge in [0.05, 0.1) is 12.2 Å². The van der Waals surface area contributed by atoms with Crippen LogP contribution >= 0.6 is 0 Å². The van der Waals surface area contributed by atoms with Crippen LogP contribution in [0.4, 0.5) is 0 Å². The summed E-state index contributed by atoms with van der Waals surface area (Å²) >= 11 is 0. The molecular formula is C19H33N3O2. The van der Waals surface area contributed by atoms with Crippen LogP contribution in [0.3, 0.4) is 0 Å². The second-order valence-corrected chi connectivity index (χ2v) is 9.34. The number of nitrogens with zero attached hydrogens (tertiary/aromatic N) is 2. The van der Waals surface area contributed by atoms with Crippen molar-refractivity contribution in [1.82, 2.24) is 15.4 Å². The molecule has 24 heavy (non-hydrogen) atoms. The number of aromatic nitrogens is 1. The van der Waals surface area contributed by atoms with Crippen molar-refractivity contribution in [3.8, 4) is 0 Å². The predicted molar refractivity (Wildman–Crippen MR) is 95.5 cm³/mol. The van der Waals surface area contributed by atoms with E-state index >= 15 is 0 Å². The van der Waals surface area contributed by atoms with Crippen molar-refractivity contribution in [2.24, 2.45) is 16.7 Å². The fourth-order valence-electron chi connectivity index (χ4n) is 3.42. The Morgan fingerprint density at radius 2 is 2.08 bits per heavy atom. The maximum atomic E-state index is 12.2. The highest BCUT2D eigenvalue weighted by Gasteiger charge is 2.48. The molecule has 5 heteroatoms. The highest BCUT2D eigenvalue weighted by atomic mass is 16.5. The molecule has 1 aromatic rings. The van der Waals surface area contributed by atoms with Crippen molar-refractivity contribution >= 4 is 5.91 Å². The Balaban J connectivity index is 1.87. The Morgan fingerprint density at radius 3 is 2.62 bits per heavy atom. The summed E-state index contributed by atoms with van der Waals surface area (Å²) in [6, 6.07) is 2.31. The summed E-state index contributed by atoms with van der Waals surface area (Å²) in [5, 5.41) is 7.42. The van der Waals surface area contributed by atoms with E-state index in [4.69, 9.17) is 4.52 Å². The predicted octanol–water partition coefficient (Wildman–Crippen LogP) is 3.25. The maximum Gasteiger partial charge on any atom is 0.220 e. The van der Waals surface area contributed by atoms with Gasteiger partial charge in [-0.3, -0.25) is 4.79 Å². The first-order valence-electron chi connectivity index (χ1n) is 8.86. The third-order valence-corrected chi connectivity index (χ3v) is 5.03. The Kier molecular flexibility index (Phi) is 5.43. The molecule has 0 aliphatic heterocycles. The van der Waals surface area contributed by atoms with E-state index in [1.165, 1.54) is 0 Å². The first-order valence-corrected chi connectivity index (χ1v) is 8.86. The Labute approximate surface area is 146 Å². The number of amides is 1. The lowest BCUT2D eigenvalue weighted by Crippen LogP contribution is -2.59. The largest absolute Gasteiger partial charge is 0.360 e. The van der Waals surface area contributed by atoms with Gasteiger partial charge in [-0.15, -0.1) is 0 Å². The molecule has 0 spiro atoms. The van der Waals surface area contributed by atoms with Gasteiger partial charge in [0.25, 0.3) is 0 Å². The van der Waals surface area contributed by atoms with E-state index in [-0.39, 0.29) is 22.8 Å². The van der Waals surface area contributed by atoms with Crippen molar-refractivity contribution in [2.45, 2.75) is 66.5 Å². The summed E-state index contributed by atoms with van der Waals surface area (Å²) in [5.41, 5.74) is 1.14. The molecule has 1 aromatic heterocycles. The molecule has 1 aliphatic rings. The van der Waals surface area contributed by atoms with Gasteiger partial charge in [-0.2, -0.15) is 0 Å². The van der Waals surface area contributed by atoms with Crippen molar-refractivity contribution in [3.05, 3.63) is 17.5 Å². The summed E-state index contributed by atoms with van der Waals surface area (Å²) in [4.78, 5) is 14.2. The van der Waals surface area contributed by atoms with Crippen LogP contribution in [-0.2, 0) is 17.8 Å². The SMILES string of the molecule is CN(C)Cc1cc(C[C@@H]2C[C@H](NC(=O)CC(C)(C)C)C2(C)C)no1. The van der Waals surface area contributed by atoms with Crippen LogP contribution in [0.25, 0.3) is 0 Å². The summed E-state index contributed by atoms with van der Waals surface area (Å²) in [6.07, 6.45) is 2.50. The van der Waals surface area contributed by atoms with Crippen LogP contribution < -0.4 is 5.32 Å². The van der Waals surface area contributed by atoms with Gasteiger partial charge in [-0.1, -0.05) is 39.8 Å². The molecule has 1 aliphatic carbocycles. The van der Waals surface area contributed by atoms with Crippen LogP contribution in [0, 0.1) is 16.7 Å². The second-order valence-electron chi connectivity index (χ2n) is 9.34.